The lowest BCUT2D eigenvalue weighted by Crippen LogP contribution is -2.33. The molecule has 1 aromatic carbocycles. The van der Waals surface area contributed by atoms with Crippen molar-refractivity contribution in [2.45, 2.75) is 51.4 Å². The maximum Gasteiger partial charge on any atom is 0.262 e. The standard InChI is InChI=1S/C17H23N3O2S/c1-5-12(4)18-15(21)10-23-17-19-14-9-7-6-8-13(14)16(22)20(17)11(2)3/h6-9,11-12H,5,10H2,1-4H3,(H,18,21)/t12-/m1/s1. The Hall–Kier alpha value is -1.82. The van der Waals surface area contributed by atoms with Crippen LogP contribution in [0.25, 0.3) is 10.9 Å². The van der Waals surface area contributed by atoms with Crippen molar-refractivity contribution >= 4 is 28.6 Å². The summed E-state index contributed by atoms with van der Waals surface area (Å²) in [6.07, 6.45) is 0.890. The summed E-state index contributed by atoms with van der Waals surface area (Å²) in [7, 11) is 0. The highest BCUT2D eigenvalue weighted by atomic mass is 32.2. The predicted molar refractivity (Wildman–Crippen MR) is 95.0 cm³/mol. The van der Waals surface area contributed by atoms with E-state index in [-0.39, 0.29) is 29.3 Å². The van der Waals surface area contributed by atoms with Gasteiger partial charge in [-0.05, 0) is 39.3 Å². The van der Waals surface area contributed by atoms with Gasteiger partial charge in [0.15, 0.2) is 5.16 Å². The fourth-order valence-electron chi connectivity index (χ4n) is 2.23. The van der Waals surface area contributed by atoms with Crippen LogP contribution in [0.1, 0.15) is 40.2 Å². The lowest BCUT2D eigenvalue weighted by Gasteiger charge is -2.16. The van der Waals surface area contributed by atoms with Crippen LogP contribution in [0.3, 0.4) is 0 Å². The van der Waals surface area contributed by atoms with Crippen LogP contribution < -0.4 is 10.9 Å². The second-order valence-electron chi connectivity index (χ2n) is 5.85. The van der Waals surface area contributed by atoms with E-state index in [0.717, 1.165) is 6.42 Å². The van der Waals surface area contributed by atoms with Crippen molar-refractivity contribution in [2.24, 2.45) is 0 Å². The Kier molecular flexibility index (Phi) is 5.82. The number of aromatic nitrogens is 2. The highest BCUT2D eigenvalue weighted by Gasteiger charge is 2.15. The molecule has 2 rings (SSSR count). The molecule has 1 heterocycles. The van der Waals surface area contributed by atoms with E-state index >= 15 is 0 Å². The molecule has 1 aromatic heterocycles. The first kappa shape index (κ1) is 17.5. The number of benzene rings is 1. The van der Waals surface area contributed by atoms with Crippen molar-refractivity contribution in [1.29, 1.82) is 0 Å². The van der Waals surface area contributed by atoms with E-state index < -0.39 is 0 Å². The van der Waals surface area contributed by atoms with Gasteiger partial charge in [-0.3, -0.25) is 14.2 Å². The Balaban J connectivity index is 2.30. The molecule has 2 aromatic rings. The number of hydrogen-bond donors (Lipinski definition) is 1. The number of para-hydroxylation sites is 1. The number of rotatable bonds is 6. The quantitative estimate of drug-likeness (QED) is 0.652. The van der Waals surface area contributed by atoms with Crippen LogP contribution in [-0.2, 0) is 4.79 Å². The number of carbonyl (C=O) groups is 1. The van der Waals surface area contributed by atoms with Gasteiger partial charge in [-0.25, -0.2) is 4.98 Å². The van der Waals surface area contributed by atoms with Crippen LogP contribution >= 0.6 is 11.8 Å². The van der Waals surface area contributed by atoms with Crippen molar-refractivity contribution in [3.8, 4) is 0 Å². The van der Waals surface area contributed by atoms with Crippen LogP contribution in [0, 0.1) is 0 Å². The van der Waals surface area contributed by atoms with Gasteiger partial charge in [0.1, 0.15) is 0 Å². The van der Waals surface area contributed by atoms with Crippen molar-refractivity contribution < 1.29 is 4.79 Å². The van der Waals surface area contributed by atoms with Crippen LogP contribution in [0.15, 0.2) is 34.2 Å². The minimum Gasteiger partial charge on any atom is -0.353 e. The van der Waals surface area contributed by atoms with E-state index in [1.165, 1.54) is 11.8 Å². The third-order valence-corrected chi connectivity index (χ3v) is 4.60. The minimum atomic E-state index is -0.0598. The van der Waals surface area contributed by atoms with Crippen molar-refractivity contribution in [2.75, 3.05) is 5.75 Å². The van der Waals surface area contributed by atoms with E-state index in [1.54, 1.807) is 10.6 Å². The molecular formula is C17H23N3O2S. The fourth-order valence-corrected chi connectivity index (χ4v) is 3.17. The number of thioether (sulfide) groups is 1. The Bertz CT molecular complexity index is 755. The molecule has 0 unspecified atom stereocenters. The third kappa shape index (κ3) is 4.13. The largest absolute Gasteiger partial charge is 0.353 e. The monoisotopic (exact) mass is 333 g/mol. The maximum atomic E-state index is 12.7. The van der Waals surface area contributed by atoms with Gasteiger partial charge in [-0.2, -0.15) is 0 Å². The molecule has 5 nitrogen and oxygen atoms in total. The average molecular weight is 333 g/mol. The molecular weight excluding hydrogens is 310 g/mol. The van der Waals surface area contributed by atoms with Crippen LogP contribution in [0.2, 0.25) is 0 Å². The summed E-state index contributed by atoms with van der Waals surface area (Å²) in [5.74, 6) is 0.212. The van der Waals surface area contributed by atoms with Gasteiger partial charge >= 0.3 is 0 Å². The van der Waals surface area contributed by atoms with E-state index in [4.69, 9.17) is 0 Å². The van der Waals surface area contributed by atoms with Crippen LogP contribution in [0.5, 0.6) is 0 Å². The van der Waals surface area contributed by atoms with Crippen molar-refractivity contribution in [3.05, 3.63) is 34.6 Å². The summed E-state index contributed by atoms with van der Waals surface area (Å²) in [5.41, 5.74) is 0.606. The van der Waals surface area contributed by atoms with E-state index in [1.807, 2.05) is 45.9 Å². The lowest BCUT2D eigenvalue weighted by molar-refractivity contribution is -0.119. The number of hydrogen-bond acceptors (Lipinski definition) is 4. The molecule has 0 fully saturated rings. The molecule has 1 amide bonds. The molecule has 0 aliphatic heterocycles. The Labute approximate surface area is 140 Å². The van der Waals surface area contributed by atoms with Crippen molar-refractivity contribution in [3.63, 3.8) is 0 Å². The van der Waals surface area contributed by atoms with E-state index in [9.17, 15) is 9.59 Å². The first-order valence-electron chi connectivity index (χ1n) is 7.87. The van der Waals surface area contributed by atoms with Crippen LogP contribution in [-0.4, -0.2) is 27.3 Å². The molecule has 1 atom stereocenters. The molecule has 0 bridgehead atoms. The zero-order valence-corrected chi connectivity index (χ0v) is 14.8. The zero-order valence-electron chi connectivity index (χ0n) is 14.0. The predicted octanol–water partition coefficient (Wildman–Crippen LogP) is 2.98. The summed E-state index contributed by atoms with van der Waals surface area (Å²) in [6.45, 7) is 7.89. The minimum absolute atomic E-state index is 0.0141. The molecule has 0 aliphatic carbocycles. The Morgan fingerprint density at radius 2 is 2.00 bits per heavy atom. The van der Waals surface area contributed by atoms with Gasteiger partial charge in [0, 0.05) is 12.1 Å². The molecule has 0 spiro atoms. The fraction of sp³-hybridized carbons (Fsp3) is 0.471. The average Bonchev–Trinajstić information content (AvgIpc) is 2.52. The van der Waals surface area contributed by atoms with Gasteiger partial charge in [0.05, 0.1) is 16.7 Å². The maximum absolute atomic E-state index is 12.7. The molecule has 23 heavy (non-hydrogen) atoms. The number of carbonyl (C=O) groups excluding carboxylic acids is 1. The number of nitrogens with one attached hydrogen (secondary N) is 1. The summed E-state index contributed by atoms with van der Waals surface area (Å²) >= 11 is 1.30. The normalized spacial score (nSPS) is 12.6. The highest BCUT2D eigenvalue weighted by Crippen LogP contribution is 2.20. The molecule has 0 aliphatic rings. The summed E-state index contributed by atoms with van der Waals surface area (Å²) in [5, 5.41) is 4.12. The summed E-state index contributed by atoms with van der Waals surface area (Å²) < 4.78 is 1.66. The smallest absolute Gasteiger partial charge is 0.262 e. The van der Waals surface area contributed by atoms with Gasteiger partial charge in [0.2, 0.25) is 5.91 Å². The first-order valence-corrected chi connectivity index (χ1v) is 8.86. The number of fused-ring (bicyclic) bond motifs is 1. The Morgan fingerprint density at radius 1 is 1.30 bits per heavy atom. The van der Waals surface area contributed by atoms with Gasteiger partial charge in [-0.15, -0.1) is 0 Å². The third-order valence-electron chi connectivity index (χ3n) is 3.64. The Morgan fingerprint density at radius 3 is 2.65 bits per heavy atom. The number of amides is 1. The van der Waals surface area contributed by atoms with Gasteiger partial charge in [-0.1, -0.05) is 30.8 Å². The molecule has 124 valence electrons. The van der Waals surface area contributed by atoms with Gasteiger partial charge in [0.25, 0.3) is 5.56 Å². The highest BCUT2D eigenvalue weighted by molar-refractivity contribution is 7.99. The van der Waals surface area contributed by atoms with E-state index in [2.05, 4.69) is 10.3 Å². The first-order chi connectivity index (χ1) is 10.9. The van der Waals surface area contributed by atoms with Crippen molar-refractivity contribution in [1.82, 2.24) is 14.9 Å². The second-order valence-corrected chi connectivity index (χ2v) is 6.79. The van der Waals surface area contributed by atoms with E-state index in [0.29, 0.717) is 16.1 Å². The molecule has 6 heteroatoms. The topological polar surface area (TPSA) is 64.0 Å². The van der Waals surface area contributed by atoms with Gasteiger partial charge < -0.3 is 5.32 Å². The second kappa shape index (κ2) is 7.64. The zero-order chi connectivity index (χ0) is 17.0. The number of nitrogens with zero attached hydrogens (tertiary/aromatic N) is 2. The summed E-state index contributed by atoms with van der Waals surface area (Å²) in [4.78, 5) is 29.2. The summed E-state index contributed by atoms with van der Waals surface area (Å²) in [6, 6.07) is 7.44. The van der Waals surface area contributed by atoms with Crippen LogP contribution in [0.4, 0.5) is 0 Å². The molecule has 0 radical (unpaired) electrons. The SMILES string of the molecule is CC[C@@H](C)NC(=O)CSc1nc2ccccc2c(=O)n1C(C)C. The molecule has 0 saturated carbocycles. The molecule has 1 N–H and O–H groups in total. The lowest BCUT2D eigenvalue weighted by atomic mass is 10.2. The molecule has 0 saturated heterocycles.